The molecule has 1 fully saturated rings. The number of methoxy groups -OCH3 is 1. The van der Waals surface area contributed by atoms with Crippen molar-refractivity contribution in [3.63, 3.8) is 0 Å². The molecule has 6 nitrogen and oxygen atoms in total. The van der Waals surface area contributed by atoms with Crippen LogP contribution in [-0.4, -0.2) is 68.3 Å². The smallest absolute Gasteiger partial charge is 0.405 e. The van der Waals surface area contributed by atoms with Gasteiger partial charge in [0, 0.05) is 26.2 Å². The zero-order chi connectivity index (χ0) is 29.3. The van der Waals surface area contributed by atoms with E-state index in [-0.39, 0.29) is 0 Å². The number of piperazine rings is 1. The van der Waals surface area contributed by atoms with Crippen molar-refractivity contribution in [3.8, 4) is 16.9 Å². The summed E-state index contributed by atoms with van der Waals surface area (Å²) in [6.07, 6.45) is -2.48. The molecule has 0 spiro atoms. The van der Waals surface area contributed by atoms with Gasteiger partial charge in [-0.25, -0.2) is 4.98 Å². The molecule has 42 heavy (non-hydrogen) atoms. The van der Waals surface area contributed by atoms with Crippen LogP contribution in [0.4, 0.5) is 18.3 Å². The van der Waals surface area contributed by atoms with Gasteiger partial charge >= 0.3 is 6.18 Å². The average molecular weight is 595 g/mol. The van der Waals surface area contributed by atoms with E-state index in [0.717, 1.165) is 82.5 Å². The highest BCUT2D eigenvalue weighted by molar-refractivity contribution is 7.22. The Hall–Kier alpha value is -3.63. The van der Waals surface area contributed by atoms with Gasteiger partial charge in [0.2, 0.25) is 5.91 Å². The summed E-state index contributed by atoms with van der Waals surface area (Å²) in [7, 11) is 1.66. The van der Waals surface area contributed by atoms with E-state index in [1.54, 1.807) is 18.4 Å². The fourth-order valence-corrected chi connectivity index (χ4v) is 7.42. The van der Waals surface area contributed by atoms with Gasteiger partial charge in [-0.05, 0) is 53.8 Å². The molecule has 1 saturated heterocycles. The predicted molar refractivity (Wildman–Crippen MR) is 160 cm³/mol. The Labute approximate surface area is 247 Å². The molecular weight excluding hydrogens is 561 g/mol. The van der Waals surface area contributed by atoms with Gasteiger partial charge in [-0.2, -0.15) is 13.2 Å². The quantitative estimate of drug-likeness (QED) is 0.233. The lowest BCUT2D eigenvalue weighted by Crippen LogP contribution is -2.47. The number of benzene rings is 3. The molecule has 0 unspecified atom stereocenters. The van der Waals surface area contributed by atoms with Crippen molar-refractivity contribution in [2.45, 2.75) is 30.9 Å². The van der Waals surface area contributed by atoms with E-state index in [9.17, 15) is 18.0 Å². The number of anilines is 1. The molecule has 10 heteroatoms. The molecule has 0 atom stereocenters. The highest BCUT2D eigenvalue weighted by atomic mass is 32.1. The molecule has 220 valence electrons. The van der Waals surface area contributed by atoms with E-state index in [1.165, 1.54) is 0 Å². The molecule has 2 aliphatic rings. The minimum Gasteiger partial charge on any atom is -0.494 e. The number of fused-ring (bicyclic) bond motifs is 4. The van der Waals surface area contributed by atoms with E-state index in [4.69, 9.17) is 9.72 Å². The minimum absolute atomic E-state index is 0.443. The number of amides is 1. The number of thiazole rings is 1. The van der Waals surface area contributed by atoms with E-state index in [1.807, 2.05) is 60.7 Å². The molecule has 0 saturated carbocycles. The first-order chi connectivity index (χ1) is 20.3. The number of carbonyl (C=O) groups is 1. The van der Waals surface area contributed by atoms with E-state index >= 15 is 0 Å². The molecule has 1 amide bonds. The first-order valence-electron chi connectivity index (χ1n) is 14.3. The predicted octanol–water partition coefficient (Wildman–Crippen LogP) is 6.24. The summed E-state index contributed by atoms with van der Waals surface area (Å²) in [4.78, 5) is 23.2. The number of carbonyl (C=O) groups excluding carboxylic acids is 1. The molecule has 1 aliphatic heterocycles. The Kier molecular flexibility index (Phi) is 7.85. The van der Waals surface area contributed by atoms with Gasteiger partial charge in [-0.15, -0.1) is 0 Å². The zero-order valence-electron chi connectivity index (χ0n) is 23.4. The third-order valence-electron chi connectivity index (χ3n) is 8.41. The maximum atomic E-state index is 13.7. The van der Waals surface area contributed by atoms with Crippen molar-refractivity contribution in [2.24, 2.45) is 0 Å². The summed E-state index contributed by atoms with van der Waals surface area (Å²) < 4.78 is 45.9. The molecule has 0 radical (unpaired) electrons. The van der Waals surface area contributed by atoms with Gasteiger partial charge in [-0.3, -0.25) is 9.69 Å². The SMILES string of the molecule is COc1cccc2sc(N3CCN(CCCCC4(C(=O)NCC(F)(F)F)c5ccccc5-c5ccccc54)CC3)nc12. The number of alkyl halides is 3. The lowest BCUT2D eigenvalue weighted by atomic mass is 9.73. The summed E-state index contributed by atoms with van der Waals surface area (Å²) in [6.45, 7) is 3.06. The van der Waals surface area contributed by atoms with Gasteiger partial charge in [0.05, 0.1) is 11.8 Å². The average Bonchev–Trinajstić information content (AvgIpc) is 3.56. The maximum Gasteiger partial charge on any atom is 0.405 e. The van der Waals surface area contributed by atoms with Gasteiger partial charge < -0.3 is 15.0 Å². The number of nitrogens with one attached hydrogen (secondary N) is 1. The lowest BCUT2D eigenvalue weighted by Gasteiger charge is -2.35. The summed E-state index contributed by atoms with van der Waals surface area (Å²) in [5, 5.41) is 3.22. The van der Waals surface area contributed by atoms with Crippen LogP contribution in [0.25, 0.3) is 21.3 Å². The van der Waals surface area contributed by atoms with Gasteiger partial charge in [0.1, 0.15) is 23.2 Å². The first-order valence-corrected chi connectivity index (χ1v) is 15.1. The number of aromatic nitrogens is 1. The molecular formula is C32H33F3N4O2S. The van der Waals surface area contributed by atoms with Crippen LogP contribution >= 0.6 is 11.3 Å². The first kappa shape index (κ1) is 28.5. The van der Waals surface area contributed by atoms with Crippen molar-refractivity contribution >= 4 is 32.6 Å². The number of unbranched alkanes of at least 4 members (excludes halogenated alkanes) is 1. The van der Waals surface area contributed by atoms with Crippen LogP contribution in [0.3, 0.4) is 0 Å². The number of hydrogen-bond acceptors (Lipinski definition) is 6. The summed E-state index contributed by atoms with van der Waals surface area (Å²) in [5.74, 6) is 0.198. The second-order valence-electron chi connectivity index (χ2n) is 10.9. The van der Waals surface area contributed by atoms with Crippen LogP contribution in [0.1, 0.15) is 30.4 Å². The standard InChI is InChI=1S/C32H33F3N4O2S/c1-41-26-13-8-14-27-28(26)37-30(42-27)39-19-17-38(18-20-39)16-7-6-15-31(29(40)36-21-32(33,34)35)24-11-4-2-9-22(24)23-10-3-5-12-25(23)31/h2-5,8-14H,6-7,15-21H2,1H3,(H,36,40). The third-order valence-corrected chi connectivity index (χ3v) is 9.49. The lowest BCUT2D eigenvalue weighted by molar-refractivity contribution is -0.141. The zero-order valence-corrected chi connectivity index (χ0v) is 24.2. The molecule has 1 aliphatic carbocycles. The molecule has 2 heterocycles. The van der Waals surface area contributed by atoms with Crippen LogP contribution in [0.15, 0.2) is 66.7 Å². The van der Waals surface area contributed by atoms with Gasteiger partial charge in [-0.1, -0.05) is 72.4 Å². The Morgan fingerprint density at radius 2 is 1.62 bits per heavy atom. The molecule has 3 aromatic carbocycles. The fraction of sp³-hybridized carbons (Fsp3) is 0.375. The number of rotatable bonds is 9. The summed E-state index contributed by atoms with van der Waals surface area (Å²) in [6, 6.07) is 21.2. The third kappa shape index (κ3) is 5.33. The van der Waals surface area contributed by atoms with Gasteiger partial charge in [0.25, 0.3) is 0 Å². The topological polar surface area (TPSA) is 57.7 Å². The van der Waals surface area contributed by atoms with Gasteiger partial charge in [0.15, 0.2) is 5.13 Å². The Morgan fingerprint density at radius 1 is 0.952 bits per heavy atom. The second kappa shape index (κ2) is 11.6. The molecule has 4 aromatic rings. The number of ether oxygens (including phenoxy) is 1. The number of para-hydroxylation sites is 1. The minimum atomic E-state index is -4.48. The fourth-order valence-electron chi connectivity index (χ4n) is 6.38. The Morgan fingerprint density at radius 3 is 2.26 bits per heavy atom. The Bertz CT molecular complexity index is 1530. The van der Waals surface area contributed by atoms with Crippen molar-refractivity contribution in [2.75, 3.05) is 51.3 Å². The maximum absolute atomic E-state index is 13.7. The highest BCUT2D eigenvalue weighted by Crippen LogP contribution is 2.51. The van der Waals surface area contributed by atoms with Crippen molar-refractivity contribution in [3.05, 3.63) is 77.9 Å². The molecule has 1 N–H and O–H groups in total. The van der Waals surface area contributed by atoms with E-state index in [2.05, 4.69) is 21.2 Å². The molecule has 0 bridgehead atoms. The highest BCUT2D eigenvalue weighted by Gasteiger charge is 2.49. The number of hydrogen-bond donors (Lipinski definition) is 1. The monoisotopic (exact) mass is 594 g/mol. The van der Waals surface area contributed by atoms with Crippen molar-refractivity contribution in [1.29, 1.82) is 0 Å². The molecule has 6 rings (SSSR count). The number of nitrogens with zero attached hydrogens (tertiary/aromatic N) is 3. The second-order valence-corrected chi connectivity index (χ2v) is 11.9. The van der Waals surface area contributed by atoms with E-state index < -0.39 is 24.0 Å². The van der Waals surface area contributed by atoms with Crippen LogP contribution in [-0.2, 0) is 10.2 Å². The largest absolute Gasteiger partial charge is 0.494 e. The van der Waals surface area contributed by atoms with Crippen molar-refractivity contribution in [1.82, 2.24) is 15.2 Å². The normalized spacial score (nSPS) is 16.3. The van der Waals surface area contributed by atoms with Crippen LogP contribution < -0.4 is 15.0 Å². The van der Waals surface area contributed by atoms with Crippen molar-refractivity contribution < 1.29 is 22.7 Å². The number of halogens is 3. The van der Waals surface area contributed by atoms with Crippen LogP contribution in [0.2, 0.25) is 0 Å². The molecule has 1 aromatic heterocycles. The Balaban J connectivity index is 1.11. The summed E-state index contributed by atoms with van der Waals surface area (Å²) >= 11 is 1.67. The van der Waals surface area contributed by atoms with Crippen LogP contribution in [0, 0.1) is 0 Å². The van der Waals surface area contributed by atoms with E-state index in [0.29, 0.717) is 12.8 Å². The summed E-state index contributed by atoms with van der Waals surface area (Å²) in [5.41, 5.74) is 3.15. The van der Waals surface area contributed by atoms with Crippen LogP contribution in [0.5, 0.6) is 5.75 Å².